The summed E-state index contributed by atoms with van der Waals surface area (Å²) >= 11 is 8.39. The van der Waals surface area contributed by atoms with Gasteiger partial charge in [0, 0.05) is 4.20 Å². The van der Waals surface area contributed by atoms with Gasteiger partial charge in [-0.15, -0.1) is 12.6 Å². The molecule has 0 saturated carbocycles. The van der Waals surface area contributed by atoms with Crippen molar-refractivity contribution in [2.45, 2.75) is 13.3 Å². The van der Waals surface area contributed by atoms with Crippen molar-refractivity contribution in [2.24, 2.45) is 0 Å². The second-order valence-electron chi connectivity index (χ2n) is 0.747. The second kappa shape index (κ2) is 6.44. The van der Waals surface area contributed by atoms with Gasteiger partial charge in [0.1, 0.15) is 0 Å². The summed E-state index contributed by atoms with van der Waals surface area (Å²) in [4.78, 5) is 0. The van der Waals surface area contributed by atoms with Crippen LogP contribution in [0.5, 0.6) is 0 Å². The van der Waals surface area contributed by atoms with E-state index in [0.29, 0.717) is 0 Å². The van der Waals surface area contributed by atoms with Crippen LogP contribution in [0.15, 0.2) is 0 Å². The predicted molar refractivity (Wildman–Crippen MR) is 33.0 cm³/mol. The molecule has 0 amide bonds. The first-order chi connectivity index (χ1) is 2.27. The van der Waals surface area contributed by atoms with Gasteiger partial charge in [0.2, 0.25) is 0 Å². The van der Waals surface area contributed by atoms with Gasteiger partial charge >= 0.3 is 29.6 Å². The Morgan fingerprint density at radius 2 is 2.17 bits per heavy atom. The zero-order chi connectivity index (χ0) is 4.28. The molecule has 6 heavy (non-hydrogen) atoms. The maximum atomic E-state index is 4.56. The number of hydrogen-bond donors (Lipinski definition) is 1. The van der Waals surface area contributed by atoms with E-state index in [2.05, 4.69) is 24.8 Å². The third-order valence-corrected chi connectivity index (χ3v) is 0.907. The summed E-state index contributed by atoms with van der Waals surface area (Å²) in [7, 11) is 0. The van der Waals surface area contributed by atoms with Crippen LogP contribution < -0.4 is 29.6 Å². The summed E-state index contributed by atoms with van der Waals surface area (Å²) in [5.41, 5.74) is 0. The molecule has 0 nitrogen and oxygen atoms in total. The number of rotatable bonds is 1. The third-order valence-electron chi connectivity index (χ3n) is 0.302. The minimum absolute atomic E-state index is 0. The van der Waals surface area contributed by atoms with Gasteiger partial charge in [0.25, 0.3) is 0 Å². The van der Waals surface area contributed by atoms with Crippen molar-refractivity contribution in [1.29, 1.82) is 0 Å². The molecular formula is C3H7NaS2. The molecule has 0 aliphatic rings. The molecule has 0 heterocycles. The van der Waals surface area contributed by atoms with Gasteiger partial charge in [0.05, 0.1) is 0 Å². The van der Waals surface area contributed by atoms with Crippen molar-refractivity contribution >= 4 is 29.0 Å². The van der Waals surface area contributed by atoms with Crippen LogP contribution >= 0.6 is 24.8 Å². The van der Waals surface area contributed by atoms with Crippen LogP contribution in [0.3, 0.4) is 0 Å². The molecule has 0 rings (SSSR count). The average Bonchev–Trinajstić information content (AvgIpc) is 1.38. The van der Waals surface area contributed by atoms with Crippen LogP contribution in [-0.4, -0.2) is 4.20 Å². The SMILES string of the molecule is CCC(=S)S.[H-].[Na+]. The minimum Gasteiger partial charge on any atom is -1.00 e. The van der Waals surface area contributed by atoms with Crippen molar-refractivity contribution in [1.82, 2.24) is 0 Å². The number of thiocarbonyl (C=S) groups is 1. The first-order valence-electron chi connectivity index (χ1n) is 1.49. The molecule has 0 radical (unpaired) electrons. The molecule has 0 unspecified atom stereocenters. The van der Waals surface area contributed by atoms with E-state index in [0.717, 1.165) is 10.6 Å². The van der Waals surface area contributed by atoms with Crippen LogP contribution in [-0.2, 0) is 0 Å². The molecule has 0 saturated heterocycles. The fraction of sp³-hybridized carbons (Fsp3) is 0.667. The van der Waals surface area contributed by atoms with Crippen molar-refractivity contribution in [2.75, 3.05) is 0 Å². The Hall–Kier alpha value is 1.44. The fourth-order valence-corrected chi connectivity index (χ4v) is 0. The summed E-state index contributed by atoms with van der Waals surface area (Å²) in [6.45, 7) is 1.98. The van der Waals surface area contributed by atoms with Crippen LogP contribution in [0.1, 0.15) is 14.8 Å². The Kier molecular flexibility index (Phi) is 11.2. The number of hydrogen-bond acceptors (Lipinski definition) is 1. The van der Waals surface area contributed by atoms with Gasteiger partial charge in [0.15, 0.2) is 0 Å². The molecule has 32 valence electrons. The van der Waals surface area contributed by atoms with Gasteiger partial charge in [-0.3, -0.25) is 0 Å². The Bertz CT molecular complexity index is 48.2. The predicted octanol–water partition coefficient (Wildman–Crippen LogP) is -1.23. The molecule has 3 heteroatoms. The van der Waals surface area contributed by atoms with Crippen LogP contribution in [0.25, 0.3) is 0 Å². The van der Waals surface area contributed by atoms with E-state index in [4.69, 9.17) is 0 Å². The molecule has 0 atom stereocenters. The van der Waals surface area contributed by atoms with E-state index in [1.165, 1.54) is 0 Å². The molecule has 0 spiro atoms. The zero-order valence-corrected chi connectivity index (χ0v) is 7.77. The molecule has 0 aromatic heterocycles. The fourth-order valence-electron chi connectivity index (χ4n) is 0. The smallest absolute Gasteiger partial charge is 1.00 e. The van der Waals surface area contributed by atoms with E-state index in [9.17, 15) is 0 Å². The summed E-state index contributed by atoms with van der Waals surface area (Å²) < 4.78 is 0.782. The van der Waals surface area contributed by atoms with E-state index >= 15 is 0 Å². The van der Waals surface area contributed by atoms with E-state index in [1.807, 2.05) is 6.92 Å². The van der Waals surface area contributed by atoms with Gasteiger partial charge in [-0.2, -0.15) is 0 Å². The van der Waals surface area contributed by atoms with E-state index in [-0.39, 0.29) is 31.0 Å². The summed E-state index contributed by atoms with van der Waals surface area (Å²) in [6, 6.07) is 0. The van der Waals surface area contributed by atoms with Crippen LogP contribution in [0.2, 0.25) is 0 Å². The Morgan fingerprint density at radius 3 is 2.17 bits per heavy atom. The topological polar surface area (TPSA) is 0 Å². The van der Waals surface area contributed by atoms with Gasteiger partial charge in [-0.1, -0.05) is 19.1 Å². The molecular weight excluding hydrogens is 123 g/mol. The van der Waals surface area contributed by atoms with Gasteiger partial charge in [-0.25, -0.2) is 0 Å². The van der Waals surface area contributed by atoms with Gasteiger partial charge in [-0.05, 0) is 6.42 Å². The summed E-state index contributed by atoms with van der Waals surface area (Å²) in [5.74, 6) is 0. The standard InChI is InChI=1S/C3H6S2.Na.H/c1-2-3(4)5;;/h2H2,1H3,(H,4,5);;/q;+1;-1. The molecule has 0 aliphatic carbocycles. The van der Waals surface area contributed by atoms with Crippen molar-refractivity contribution in [3.05, 3.63) is 0 Å². The van der Waals surface area contributed by atoms with Crippen molar-refractivity contribution in [3.8, 4) is 0 Å². The van der Waals surface area contributed by atoms with Crippen LogP contribution in [0.4, 0.5) is 0 Å². The van der Waals surface area contributed by atoms with Crippen molar-refractivity contribution < 1.29 is 31.0 Å². The first-order valence-corrected chi connectivity index (χ1v) is 2.34. The monoisotopic (exact) mass is 130 g/mol. The molecule has 0 N–H and O–H groups in total. The van der Waals surface area contributed by atoms with E-state index < -0.39 is 0 Å². The van der Waals surface area contributed by atoms with E-state index in [1.54, 1.807) is 0 Å². The first kappa shape index (κ1) is 10.4. The summed E-state index contributed by atoms with van der Waals surface area (Å²) in [5, 5.41) is 0. The maximum Gasteiger partial charge on any atom is 1.00 e. The minimum atomic E-state index is 0. The van der Waals surface area contributed by atoms with Crippen LogP contribution in [0, 0.1) is 0 Å². The molecule has 0 aromatic rings. The second-order valence-corrected chi connectivity index (χ2v) is 2.08. The Labute approximate surface area is 72.9 Å². The molecule has 0 aromatic carbocycles. The average molecular weight is 130 g/mol. The Morgan fingerprint density at radius 1 is 2.00 bits per heavy atom. The third kappa shape index (κ3) is 9.06. The zero-order valence-electron chi connectivity index (χ0n) is 5.06. The normalized spacial score (nSPS) is 6.33. The summed E-state index contributed by atoms with van der Waals surface area (Å²) in [6.07, 6.45) is 0.901. The Balaban J connectivity index is -0.0000000800. The molecule has 0 bridgehead atoms. The van der Waals surface area contributed by atoms with Gasteiger partial charge < -0.3 is 1.43 Å². The quantitative estimate of drug-likeness (QED) is 0.263. The largest absolute Gasteiger partial charge is 1.00 e. The van der Waals surface area contributed by atoms with Crippen molar-refractivity contribution in [3.63, 3.8) is 0 Å². The molecule has 0 fully saturated rings. The molecule has 0 aliphatic heterocycles. The number of thiol groups is 1. The maximum absolute atomic E-state index is 4.56.